The Bertz CT molecular complexity index is 265. The first-order valence-corrected chi connectivity index (χ1v) is 6.63. The Morgan fingerprint density at radius 3 is 2.82 bits per heavy atom. The number of nitrogens with zero attached hydrogens (tertiary/aromatic N) is 1. The number of carbonyl (C=O) groups is 2. The molecule has 0 aromatic rings. The van der Waals surface area contributed by atoms with E-state index in [1.165, 1.54) is 0 Å². The molecule has 1 unspecified atom stereocenters. The number of carboxylic acids is 1. The second kappa shape index (κ2) is 7.30. The van der Waals surface area contributed by atoms with Gasteiger partial charge in [-0.3, -0.25) is 9.59 Å². The average molecular weight is 241 g/mol. The summed E-state index contributed by atoms with van der Waals surface area (Å²) < 4.78 is 0. The fourth-order valence-corrected chi connectivity index (χ4v) is 2.43. The van der Waals surface area contributed by atoms with E-state index >= 15 is 0 Å². The van der Waals surface area contributed by atoms with E-state index in [9.17, 15) is 9.59 Å². The summed E-state index contributed by atoms with van der Waals surface area (Å²) in [5.41, 5.74) is 0. The fraction of sp³-hybridized carbons (Fsp3) is 0.846. The van der Waals surface area contributed by atoms with Crippen molar-refractivity contribution < 1.29 is 14.7 Å². The molecule has 0 aliphatic carbocycles. The Balaban J connectivity index is 2.11. The number of likely N-dealkylation sites (tertiary alicyclic amines) is 1. The minimum atomic E-state index is -0.731. The fourth-order valence-electron chi connectivity index (χ4n) is 2.43. The van der Waals surface area contributed by atoms with Gasteiger partial charge in [-0.05, 0) is 25.2 Å². The van der Waals surface area contributed by atoms with Crippen molar-refractivity contribution in [2.24, 2.45) is 5.92 Å². The number of carboxylic acid groups (broad SMARTS) is 1. The SMILES string of the molecule is CCCC1CC(=O)N(CCCCCC(=O)O)C1. The van der Waals surface area contributed by atoms with Gasteiger partial charge in [0.25, 0.3) is 0 Å². The molecule has 1 saturated heterocycles. The van der Waals surface area contributed by atoms with Crippen LogP contribution in [0.2, 0.25) is 0 Å². The second-order valence-electron chi connectivity index (χ2n) is 4.90. The number of unbranched alkanes of at least 4 members (excludes halogenated alkanes) is 2. The smallest absolute Gasteiger partial charge is 0.303 e. The van der Waals surface area contributed by atoms with E-state index in [-0.39, 0.29) is 12.3 Å². The third-order valence-electron chi connectivity index (χ3n) is 3.31. The van der Waals surface area contributed by atoms with Crippen LogP contribution in [-0.4, -0.2) is 35.0 Å². The predicted molar refractivity (Wildman–Crippen MR) is 65.7 cm³/mol. The first kappa shape index (κ1) is 14.0. The first-order valence-electron chi connectivity index (χ1n) is 6.63. The summed E-state index contributed by atoms with van der Waals surface area (Å²) in [5.74, 6) is 0.0958. The maximum absolute atomic E-state index is 11.7. The summed E-state index contributed by atoms with van der Waals surface area (Å²) in [7, 11) is 0. The third kappa shape index (κ3) is 5.20. The van der Waals surface area contributed by atoms with Crippen LogP contribution in [0.25, 0.3) is 0 Å². The van der Waals surface area contributed by atoms with Gasteiger partial charge >= 0.3 is 5.97 Å². The Morgan fingerprint density at radius 1 is 1.41 bits per heavy atom. The van der Waals surface area contributed by atoms with Gasteiger partial charge in [0.2, 0.25) is 5.91 Å². The second-order valence-corrected chi connectivity index (χ2v) is 4.90. The molecule has 1 aliphatic rings. The van der Waals surface area contributed by atoms with Crippen LogP contribution in [-0.2, 0) is 9.59 Å². The van der Waals surface area contributed by atoms with Crippen molar-refractivity contribution in [3.05, 3.63) is 0 Å². The minimum Gasteiger partial charge on any atom is -0.481 e. The van der Waals surface area contributed by atoms with Crippen molar-refractivity contribution in [2.75, 3.05) is 13.1 Å². The van der Waals surface area contributed by atoms with Crippen molar-refractivity contribution in [3.8, 4) is 0 Å². The van der Waals surface area contributed by atoms with E-state index in [0.717, 1.165) is 45.2 Å². The molecule has 17 heavy (non-hydrogen) atoms. The number of amides is 1. The summed E-state index contributed by atoms with van der Waals surface area (Å²) in [6, 6.07) is 0. The highest BCUT2D eigenvalue weighted by Crippen LogP contribution is 2.22. The van der Waals surface area contributed by atoms with Gasteiger partial charge in [-0.2, -0.15) is 0 Å². The summed E-state index contributed by atoms with van der Waals surface area (Å²) in [6.07, 6.45) is 5.78. The number of rotatable bonds is 8. The quantitative estimate of drug-likeness (QED) is 0.663. The number of hydrogen-bond acceptors (Lipinski definition) is 2. The van der Waals surface area contributed by atoms with Crippen LogP contribution in [0.4, 0.5) is 0 Å². The van der Waals surface area contributed by atoms with Crippen molar-refractivity contribution in [1.82, 2.24) is 4.90 Å². The molecule has 1 aliphatic heterocycles. The highest BCUT2D eigenvalue weighted by Gasteiger charge is 2.27. The average Bonchev–Trinajstić information content (AvgIpc) is 2.59. The summed E-state index contributed by atoms with van der Waals surface area (Å²) in [5, 5.41) is 8.50. The van der Waals surface area contributed by atoms with Gasteiger partial charge in [0.05, 0.1) is 0 Å². The number of hydrogen-bond donors (Lipinski definition) is 1. The largest absolute Gasteiger partial charge is 0.481 e. The van der Waals surface area contributed by atoms with Crippen molar-refractivity contribution in [3.63, 3.8) is 0 Å². The lowest BCUT2D eigenvalue weighted by atomic mass is 10.0. The first-order chi connectivity index (χ1) is 8.13. The molecular formula is C13H23NO3. The molecule has 1 rings (SSSR count). The monoisotopic (exact) mass is 241 g/mol. The van der Waals surface area contributed by atoms with Crippen LogP contribution < -0.4 is 0 Å². The van der Waals surface area contributed by atoms with Gasteiger partial charge in [-0.15, -0.1) is 0 Å². The third-order valence-corrected chi connectivity index (χ3v) is 3.31. The molecule has 0 spiro atoms. The maximum atomic E-state index is 11.7. The van der Waals surface area contributed by atoms with E-state index in [1.807, 2.05) is 4.90 Å². The predicted octanol–water partition coefficient (Wildman–Crippen LogP) is 2.28. The molecule has 1 fully saturated rings. The van der Waals surface area contributed by atoms with Gasteiger partial charge in [0, 0.05) is 25.9 Å². The summed E-state index contributed by atoms with van der Waals surface area (Å²) in [6.45, 7) is 3.86. The number of carbonyl (C=O) groups excluding carboxylic acids is 1. The zero-order valence-electron chi connectivity index (χ0n) is 10.7. The van der Waals surface area contributed by atoms with E-state index in [1.54, 1.807) is 0 Å². The minimum absolute atomic E-state index is 0.242. The van der Waals surface area contributed by atoms with Crippen LogP contribution in [0.5, 0.6) is 0 Å². The Kier molecular flexibility index (Phi) is 6.01. The highest BCUT2D eigenvalue weighted by atomic mass is 16.4. The molecule has 1 heterocycles. The molecule has 4 heteroatoms. The maximum Gasteiger partial charge on any atom is 0.303 e. The van der Waals surface area contributed by atoms with Crippen LogP contribution >= 0.6 is 0 Å². The molecule has 98 valence electrons. The van der Waals surface area contributed by atoms with Crippen LogP contribution in [0.3, 0.4) is 0 Å². The molecule has 1 amide bonds. The Hall–Kier alpha value is -1.06. The van der Waals surface area contributed by atoms with Crippen LogP contribution in [0.1, 0.15) is 51.9 Å². The van der Waals surface area contributed by atoms with Gasteiger partial charge < -0.3 is 10.0 Å². The zero-order chi connectivity index (χ0) is 12.7. The molecule has 0 bridgehead atoms. The van der Waals surface area contributed by atoms with Gasteiger partial charge in [0.1, 0.15) is 0 Å². The zero-order valence-corrected chi connectivity index (χ0v) is 10.7. The van der Waals surface area contributed by atoms with Gasteiger partial charge in [0.15, 0.2) is 0 Å². The molecule has 0 saturated carbocycles. The van der Waals surface area contributed by atoms with E-state index in [2.05, 4.69) is 6.92 Å². The lowest BCUT2D eigenvalue weighted by Crippen LogP contribution is -2.26. The van der Waals surface area contributed by atoms with Crippen LogP contribution in [0.15, 0.2) is 0 Å². The van der Waals surface area contributed by atoms with Gasteiger partial charge in [-0.1, -0.05) is 19.8 Å². The van der Waals surface area contributed by atoms with E-state index < -0.39 is 5.97 Å². The number of aliphatic carboxylic acids is 1. The molecule has 0 radical (unpaired) electrons. The van der Waals surface area contributed by atoms with Crippen LogP contribution in [0, 0.1) is 5.92 Å². The molecule has 0 aromatic carbocycles. The van der Waals surface area contributed by atoms with Crippen molar-refractivity contribution >= 4 is 11.9 Å². The topological polar surface area (TPSA) is 57.6 Å². The lowest BCUT2D eigenvalue weighted by molar-refractivity contribution is -0.137. The van der Waals surface area contributed by atoms with E-state index in [0.29, 0.717) is 12.3 Å². The van der Waals surface area contributed by atoms with E-state index in [4.69, 9.17) is 5.11 Å². The molecule has 4 nitrogen and oxygen atoms in total. The van der Waals surface area contributed by atoms with Crippen molar-refractivity contribution in [1.29, 1.82) is 0 Å². The Morgan fingerprint density at radius 2 is 2.18 bits per heavy atom. The lowest BCUT2D eigenvalue weighted by Gasteiger charge is -2.16. The molecule has 1 N–H and O–H groups in total. The van der Waals surface area contributed by atoms with Crippen molar-refractivity contribution in [2.45, 2.75) is 51.9 Å². The molecule has 1 atom stereocenters. The normalized spacial score (nSPS) is 19.9. The summed E-state index contributed by atoms with van der Waals surface area (Å²) in [4.78, 5) is 23.9. The highest BCUT2D eigenvalue weighted by molar-refractivity contribution is 5.78. The summed E-state index contributed by atoms with van der Waals surface area (Å²) >= 11 is 0. The van der Waals surface area contributed by atoms with Gasteiger partial charge in [-0.25, -0.2) is 0 Å². The molecule has 0 aromatic heterocycles. The Labute approximate surface area is 103 Å². The standard InChI is InChI=1S/C13H23NO3/c1-2-6-11-9-12(15)14(10-11)8-5-3-4-7-13(16)17/h11H,2-10H2,1H3,(H,16,17). The molecular weight excluding hydrogens is 218 g/mol.